The molecule has 0 atom stereocenters. The van der Waals surface area contributed by atoms with Gasteiger partial charge in [-0.3, -0.25) is 4.79 Å². The lowest BCUT2D eigenvalue weighted by Crippen LogP contribution is -2.14. The number of carboxylic acids is 1. The molecule has 102 valence electrons. The van der Waals surface area contributed by atoms with Crippen molar-refractivity contribution in [3.63, 3.8) is 0 Å². The number of aromatic carboxylic acids is 1. The number of amides is 1. The summed E-state index contributed by atoms with van der Waals surface area (Å²) >= 11 is 5.76. The third-order valence-corrected chi connectivity index (χ3v) is 2.57. The number of carboxylic acid groups (broad SMARTS) is 1. The van der Waals surface area contributed by atoms with Crippen LogP contribution in [0, 0.1) is 5.95 Å². The number of nitrogens with zero attached hydrogens (tertiary/aromatic N) is 1. The zero-order valence-electron chi connectivity index (χ0n) is 9.93. The van der Waals surface area contributed by atoms with Gasteiger partial charge >= 0.3 is 5.97 Å². The average Bonchev–Trinajstić information content (AvgIpc) is 2.37. The van der Waals surface area contributed by atoms with Gasteiger partial charge < -0.3 is 10.4 Å². The number of benzene rings is 1. The minimum Gasteiger partial charge on any atom is -0.478 e. The van der Waals surface area contributed by atoms with Gasteiger partial charge in [0.2, 0.25) is 5.95 Å². The van der Waals surface area contributed by atoms with Gasteiger partial charge in [0.15, 0.2) is 0 Å². The van der Waals surface area contributed by atoms with Crippen LogP contribution in [-0.2, 0) is 0 Å². The fraction of sp³-hybridized carbons (Fsp3) is 0. The highest BCUT2D eigenvalue weighted by Gasteiger charge is 2.11. The second-order valence-corrected chi connectivity index (χ2v) is 4.27. The summed E-state index contributed by atoms with van der Waals surface area (Å²) in [7, 11) is 0. The molecule has 0 spiro atoms. The molecule has 1 amide bonds. The molecule has 1 heterocycles. The molecule has 0 fully saturated rings. The van der Waals surface area contributed by atoms with Crippen molar-refractivity contribution >= 4 is 29.2 Å². The highest BCUT2D eigenvalue weighted by Crippen LogP contribution is 2.19. The summed E-state index contributed by atoms with van der Waals surface area (Å²) in [5.41, 5.74) is -0.00665. The molecule has 0 saturated heterocycles. The molecular weight excluding hydrogens is 287 g/mol. The molecule has 0 aliphatic heterocycles. The quantitative estimate of drug-likeness (QED) is 0.853. The summed E-state index contributed by atoms with van der Waals surface area (Å²) in [4.78, 5) is 26.1. The minimum atomic E-state index is -1.17. The van der Waals surface area contributed by atoms with Crippen LogP contribution in [0.15, 0.2) is 36.4 Å². The van der Waals surface area contributed by atoms with Gasteiger partial charge in [-0.05, 0) is 30.3 Å². The van der Waals surface area contributed by atoms with Crippen molar-refractivity contribution in [2.45, 2.75) is 0 Å². The monoisotopic (exact) mass is 294 g/mol. The van der Waals surface area contributed by atoms with Gasteiger partial charge in [-0.25, -0.2) is 9.78 Å². The molecule has 0 aliphatic carbocycles. The molecular formula is C13H8ClFN2O3. The zero-order chi connectivity index (χ0) is 14.7. The molecule has 7 heteroatoms. The standard InChI is InChI=1S/C13H8ClFN2O3/c14-8-4-7(13(19)20)5-9(6-8)16-12(18)10-2-1-3-11(15)17-10/h1-6H,(H,16,18)(H,19,20). The number of carbonyl (C=O) groups is 2. The average molecular weight is 295 g/mol. The molecule has 2 aromatic rings. The molecule has 0 unspecified atom stereocenters. The van der Waals surface area contributed by atoms with Gasteiger partial charge in [0.05, 0.1) is 5.56 Å². The number of hydrogen-bond acceptors (Lipinski definition) is 3. The van der Waals surface area contributed by atoms with Crippen LogP contribution < -0.4 is 5.32 Å². The molecule has 5 nitrogen and oxygen atoms in total. The lowest BCUT2D eigenvalue weighted by molar-refractivity contribution is 0.0696. The van der Waals surface area contributed by atoms with Gasteiger partial charge in [-0.1, -0.05) is 17.7 Å². The first-order valence-electron chi connectivity index (χ1n) is 5.43. The number of anilines is 1. The number of halogens is 2. The summed E-state index contributed by atoms with van der Waals surface area (Å²) in [6.45, 7) is 0. The lowest BCUT2D eigenvalue weighted by Gasteiger charge is -2.06. The van der Waals surface area contributed by atoms with Crippen molar-refractivity contribution in [1.29, 1.82) is 0 Å². The van der Waals surface area contributed by atoms with E-state index in [1.807, 2.05) is 0 Å². The summed E-state index contributed by atoms with van der Waals surface area (Å²) < 4.78 is 12.9. The number of rotatable bonds is 3. The van der Waals surface area contributed by atoms with Crippen LogP contribution in [0.3, 0.4) is 0 Å². The molecule has 2 N–H and O–H groups in total. The summed E-state index contributed by atoms with van der Waals surface area (Å²) in [6, 6.07) is 7.66. The Bertz CT molecular complexity index is 691. The SMILES string of the molecule is O=C(O)c1cc(Cl)cc(NC(=O)c2cccc(F)n2)c1. The Labute approximate surface area is 118 Å². The highest BCUT2D eigenvalue weighted by atomic mass is 35.5. The zero-order valence-corrected chi connectivity index (χ0v) is 10.7. The van der Waals surface area contributed by atoms with Crippen molar-refractivity contribution < 1.29 is 19.1 Å². The second kappa shape index (κ2) is 5.66. The maximum Gasteiger partial charge on any atom is 0.335 e. The van der Waals surface area contributed by atoms with Crippen LogP contribution in [0.2, 0.25) is 5.02 Å². The second-order valence-electron chi connectivity index (χ2n) is 3.83. The summed E-state index contributed by atoms with van der Waals surface area (Å²) in [6.07, 6.45) is 0. The maximum atomic E-state index is 12.9. The van der Waals surface area contributed by atoms with Gasteiger partial charge in [-0.15, -0.1) is 0 Å². The summed E-state index contributed by atoms with van der Waals surface area (Å²) in [5, 5.41) is 11.5. The van der Waals surface area contributed by atoms with E-state index in [9.17, 15) is 14.0 Å². The molecule has 2 rings (SSSR count). The predicted molar refractivity (Wildman–Crippen MR) is 70.6 cm³/mol. The van der Waals surface area contributed by atoms with E-state index >= 15 is 0 Å². The maximum absolute atomic E-state index is 12.9. The van der Waals surface area contributed by atoms with Gasteiger partial charge in [0.1, 0.15) is 5.69 Å². The minimum absolute atomic E-state index is 0.0694. The molecule has 0 radical (unpaired) electrons. The Kier molecular flexibility index (Phi) is 3.95. The van der Waals surface area contributed by atoms with Crippen LogP contribution in [0.25, 0.3) is 0 Å². The van der Waals surface area contributed by atoms with E-state index in [1.165, 1.54) is 30.3 Å². The topological polar surface area (TPSA) is 79.3 Å². The Balaban J connectivity index is 2.26. The lowest BCUT2D eigenvalue weighted by atomic mass is 10.2. The third-order valence-electron chi connectivity index (χ3n) is 2.35. The number of nitrogens with one attached hydrogen (secondary N) is 1. The van der Waals surface area contributed by atoms with E-state index in [1.54, 1.807) is 0 Å². The van der Waals surface area contributed by atoms with Crippen LogP contribution >= 0.6 is 11.6 Å². The van der Waals surface area contributed by atoms with Crippen LogP contribution in [-0.4, -0.2) is 22.0 Å². The predicted octanol–water partition coefficient (Wildman–Crippen LogP) is 2.82. The van der Waals surface area contributed by atoms with Crippen molar-refractivity contribution in [1.82, 2.24) is 4.98 Å². The Morgan fingerprint density at radius 1 is 1.25 bits per heavy atom. The first-order chi connectivity index (χ1) is 9.45. The van der Waals surface area contributed by atoms with Crippen LogP contribution in [0.4, 0.5) is 10.1 Å². The van der Waals surface area contributed by atoms with Crippen molar-refractivity contribution in [3.8, 4) is 0 Å². The Morgan fingerprint density at radius 2 is 2.00 bits per heavy atom. The largest absolute Gasteiger partial charge is 0.478 e. The molecule has 1 aromatic heterocycles. The van der Waals surface area contributed by atoms with E-state index in [4.69, 9.17) is 16.7 Å². The van der Waals surface area contributed by atoms with Crippen molar-refractivity contribution in [3.05, 3.63) is 58.6 Å². The van der Waals surface area contributed by atoms with Gasteiger partial charge in [-0.2, -0.15) is 4.39 Å². The van der Waals surface area contributed by atoms with Gasteiger partial charge in [0, 0.05) is 10.7 Å². The fourth-order valence-electron chi connectivity index (χ4n) is 1.52. The molecule has 20 heavy (non-hydrogen) atoms. The first-order valence-corrected chi connectivity index (χ1v) is 5.81. The van der Waals surface area contributed by atoms with Crippen LogP contribution in [0.5, 0.6) is 0 Å². The smallest absolute Gasteiger partial charge is 0.335 e. The fourth-order valence-corrected chi connectivity index (χ4v) is 1.75. The number of hydrogen-bond donors (Lipinski definition) is 2. The molecule has 0 saturated carbocycles. The molecule has 0 aliphatic rings. The van der Waals surface area contributed by atoms with Crippen molar-refractivity contribution in [2.75, 3.05) is 5.32 Å². The van der Waals surface area contributed by atoms with E-state index < -0.39 is 17.8 Å². The Hall–Kier alpha value is -2.47. The molecule has 0 bridgehead atoms. The van der Waals surface area contributed by atoms with E-state index in [-0.39, 0.29) is 22.0 Å². The first kappa shape index (κ1) is 14.0. The van der Waals surface area contributed by atoms with Crippen LogP contribution in [0.1, 0.15) is 20.8 Å². The highest BCUT2D eigenvalue weighted by molar-refractivity contribution is 6.31. The summed E-state index contributed by atoms with van der Waals surface area (Å²) in [5.74, 6) is -2.62. The number of pyridine rings is 1. The number of aromatic nitrogens is 1. The normalized spacial score (nSPS) is 10.1. The third kappa shape index (κ3) is 3.30. The molecule has 1 aromatic carbocycles. The van der Waals surface area contributed by atoms with E-state index in [0.717, 1.165) is 6.07 Å². The van der Waals surface area contributed by atoms with E-state index in [2.05, 4.69) is 10.3 Å². The van der Waals surface area contributed by atoms with E-state index in [0.29, 0.717) is 0 Å². The number of carbonyl (C=O) groups excluding carboxylic acids is 1. The Morgan fingerprint density at radius 3 is 2.65 bits per heavy atom. The van der Waals surface area contributed by atoms with Crippen molar-refractivity contribution in [2.24, 2.45) is 0 Å². The van der Waals surface area contributed by atoms with Gasteiger partial charge in [0.25, 0.3) is 5.91 Å².